The molecule has 1 N–H and O–H groups in total. The highest BCUT2D eigenvalue weighted by molar-refractivity contribution is 7.88. The predicted octanol–water partition coefficient (Wildman–Crippen LogP) is 0.551. The average Bonchev–Trinajstić information content (AvgIpc) is 2.04. The van der Waals surface area contributed by atoms with Gasteiger partial charge in [0.25, 0.3) is 0 Å². The van der Waals surface area contributed by atoms with Crippen LogP contribution in [0.25, 0.3) is 0 Å². The van der Waals surface area contributed by atoms with Crippen molar-refractivity contribution in [2.24, 2.45) is 0 Å². The topological polar surface area (TPSA) is 49.4 Å². The number of hydrogen-bond donors (Lipinski definition) is 1. The minimum absolute atomic E-state index is 0.159. The molecule has 2 atom stereocenters. The Balaban J connectivity index is 2.01. The molecule has 5 heteroatoms. The Kier molecular flexibility index (Phi) is 3.05. The zero-order valence-electron chi connectivity index (χ0n) is 9.44. The molecule has 0 aromatic rings. The van der Waals surface area contributed by atoms with E-state index in [2.05, 4.69) is 16.7 Å². The third-order valence-electron chi connectivity index (χ3n) is 3.72. The van der Waals surface area contributed by atoms with Crippen molar-refractivity contribution in [2.75, 3.05) is 13.3 Å². The van der Waals surface area contributed by atoms with Crippen molar-refractivity contribution >= 4 is 10.0 Å². The molecule has 88 valence electrons. The Morgan fingerprint density at radius 3 is 2.20 bits per heavy atom. The van der Waals surface area contributed by atoms with Crippen molar-refractivity contribution in [2.45, 2.75) is 50.2 Å². The fourth-order valence-corrected chi connectivity index (χ4v) is 3.81. The molecule has 2 aliphatic rings. The minimum Gasteiger partial charge on any atom is -0.300 e. The second-order valence-corrected chi connectivity index (χ2v) is 6.74. The summed E-state index contributed by atoms with van der Waals surface area (Å²) in [6.07, 6.45) is 6.93. The summed E-state index contributed by atoms with van der Waals surface area (Å²) in [7, 11) is -0.869. The van der Waals surface area contributed by atoms with Gasteiger partial charge in [0.15, 0.2) is 0 Å². The second-order valence-electron chi connectivity index (χ2n) is 4.96. The fraction of sp³-hybridized carbons (Fsp3) is 1.00. The number of sulfonamides is 1. The van der Waals surface area contributed by atoms with Crippen molar-refractivity contribution in [3.8, 4) is 0 Å². The molecular weight excluding hydrogens is 212 g/mol. The Bertz CT molecular complexity index is 314. The van der Waals surface area contributed by atoms with Gasteiger partial charge in [-0.2, -0.15) is 0 Å². The smallest absolute Gasteiger partial charge is 0.208 e. The van der Waals surface area contributed by atoms with Gasteiger partial charge in [-0.15, -0.1) is 0 Å². The van der Waals surface area contributed by atoms with Crippen molar-refractivity contribution in [3.05, 3.63) is 0 Å². The first-order valence-electron chi connectivity index (χ1n) is 5.65. The van der Waals surface area contributed by atoms with E-state index in [1.54, 1.807) is 0 Å². The zero-order chi connectivity index (χ0) is 11.1. The molecule has 2 fully saturated rings. The molecule has 2 aliphatic heterocycles. The highest BCUT2D eigenvalue weighted by Gasteiger charge is 2.36. The van der Waals surface area contributed by atoms with Gasteiger partial charge in [-0.05, 0) is 32.7 Å². The van der Waals surface area contributed by atoms with Gasteiger partial charge in [-0.3, -0.25) is 0 Å². The number of hydrogen-bond acceptors (Lipinski definition) is 3. The Hall–Kier alpha value is -0.130. The molecule has 2 rings (SSSR count). The molecule has 2 bridgehead atoms. The maximum Gasteiger partial charge on any atom is 0.208 e. The Morgan fingerprint density at radius 2 is 1.73 bits per heavy atom. The molecule has 0 saturated carbocycles. The first-order valence-corrected chi connectivity index (χ1v) is 7.54. The quantitative estimate of drug-likeness (QED) is 0.756. The van der Waals surface area contributed by atoms with Gasteiger partial charge in [-0.1, -0.05) is 6.42 Å². The van der Waals surface area contributed by atoms with Crippen LogP contribution in [0.15, 0.2) is 0 Å². The number of piperidine rings is 2. The van der Waals surface area contributed by atoms with Crippen molar-refractivity contribution in [3.63, 3.8) is 0 Å². The van der Waals surface area contributed by atoms with Crippen LogP contribution in [0, 0.1) is 0 Å². The van der Waals surface area contributed by atoms with E-state index in [9.17, 15) is 8.42 Å². The molecule has 0 radical (unpaired) electrons. The van der Waals surface area contributed by atoms with Crippen LogP contribution < -0.4 is 4.72 Å². The third kappa shape index (κ3) is 2.71. The van der Waals surface area contributed by atoms with Gasteiger partial charge >= 0.3 is 0 Å². The summed E-state index contributed by atoms with van der Waals surface area (Å²) >= 11 is 0. The van der Waals surface area contributed by atoms with Crippen molar-refractivity contribution in [1.82, 2.24) is 9.62 Å². The first-order chi connectivity index (χ1) is 6.96. The van der Waals surface area contributed by atoms with E-state index in [1.807, 2.05) is 0 Å². The van der Waals surface area contributed by atoms with Crippen molar-refractivity contribution in [1.29, 1.82) is 0 Å². The van der Waals surface area contributed by atoms with Gasteiger partial charge in [0, 0.05) is 18.1 Å². The van der Waals surface area contributed by atoms with Gasteiger partial charge in [0.2, 0.25) is 10.0 Å². The molecule has 0 aromatic heterocycles. The molecule has 0 amide bonds. The molecule has 15 heavy (non-hydrogen) atoms. The van der Waals surface area contributed by atoms with Crippen LogP contribution in [0.4, 0.5) is 0 Å². The van der Waals surface area contributed by atoms with E-state index in [0.717, 1.165) is 12.8 Å². The van der Waals surface area contributed by atoms with E-state index in [4.69, 9.17) is 0 Å². The minimum atomic E-state index is -3.04. The van der Waals surface area contributed by atoms with Crippen LogP contribution in [0.5, 0.6) is 0 Å². The number of fused-ring (bicyclic) bond motifs is 2. The number of rotatable bonds is 2. The molecule has 2 heterocycles. The lowest BCUT2D eigenvalue weighted by atomic mass is 9.83. The van der Waals surface area contributed by atoms with Gasteiger partial charge in [-0.25, -0.2) is 13.1 Å². The zero-order valence-corrected chi connectivity index (χ0v) is 10.3. The van der Waals surface area contributed by atoms with Crippen LogP contribution in [0.2, 0.25) is 0 Å². The van der Waals surface area contributed by atoms with Crippen LogP contribution in [0.3, 0.4) is 0 Å². The summed E-state index contributed by atoms with van der Waals surface area (Å²) in [5, 5.41) is 0. The number of nitrogens with zero attached hydrogens (tertiary/aromatic N) is 1. The highest BCUT2D eigenvalue weighted by atomic mass is 32.2. The average molecular weight is 232 g/mol. The van der Waals surface area contributed by atoms with E-state index in [-0.39, 0.29) is 6.04 Å². The lowest BCUT2D eigenvalue weighted by Gasteiger charge is -2.47. The van der Waals surface area contributed by atoms with E-state index in [1.165, 1.54) is 25.5 Å². The lowest BCUT2D eigenvalue weighted by molar-refractivity contribution is 0.0536. The molecule has 0 spiro atoms. The second kappa shape index (κ2) is 4.03. The summed E-state index contributed by atoms with van der Waals surface area (Å²) < 4.78 is 25.1. The van der Waals surface area contributed by atoms with Crippen LogP contribution in [-0.2, 0) is 10.0 Å². The van der Waals surface area contributed by atoms with Crippen LogP contribution in [0.1, 0.15) is 32.1 Å². The molecule has 4 nitrogen and oxygen atoms in total. The maximum absolute atomic E-state index is 11.2. The third-order valence-corrected chi connectivity index (χ3v) is 4.48. The molecule has 2 saturated heterocycles. The number of nitrogens with one attached hydrogen (secondary N) is 1. The fourth-order valence-electron chi connectivity index (χ4n) is 3.01. The van der Waals surface area contributed by atoms with Crippen LogP contribution >= 0.6 is 0 Å². The Morgan fingerprint density at radius 1 is 1.20 bits per heavy atom. The largest absolute Gasteiger partial charge is 0.300 e. The van der Waals surface area contributed by atoms with E-state index < -0.39 is 10.0 Å². The summed E-state index contributed by atoms with van der Waals surface area (Å²) in [6, 6.07) is 1.32. The normalized spacial score (nSPS) is 37.9. The summed E-state index contributed by atoms with van der Waals surface area (Å²) in [5.41, 5.74) is 0. The van der Waals surface area contributed by atoms with E-state index in [0.29, 0.717) is 12.1 Å². The molecule has 2 unspecified atom stereocenters. The maximum atomic E-state index is 11.2. The monoisotopic (exact) mass is 232 g/mol. The SMILES string of the molecule is CN1C2CCCC1CC(NS(C)(=O)=O)C2. The van der Waals surface area contributed by atoms with Crippen molar-refractivity contribution < 1.29 is 8.42 Å². The van der Waals surface area contributed by atoms with E-state index >= 15 is 0 Å². The van der Waals surface area contributed by atoms with Gasteiger partial charge in [0.1, 0.15) is 0 Å². The standard InChI is InChI=1S/C10H20N2O2S/c1-12-9-4-3-5-10(12)7-8(6-9)11-15(2,13)14/h8-11H,3-7H2,1-2H3. The summed E-state index contributed by atoms with van der Waals surface area (Å²) in [4.78, 5) is 2.43. The first kappa shape index (κ1) is 11.4. The van der Waals surface area contributed by atoms with Crippen LogP contribution in [-0.4, -0.2) is 44.7 Å². The Labute approximate surface area is 92.1 Å². The summed E-state index contributed by atoms with van der Waals surface area (Å²) in [5.74, 6) is 0. The summed E-state index contributed by atoms with van der Waals surface area (Å²) in [6.45, 7) is 0. The molecule has 0 aliphatic carbocycles. The molecule has 0 aromatic carbocycles. The van der Waals surface area contributed by atoms with Gasteiger partial charge < -0.3 is 4.90 Å². The predicted molar refractivity (Wildman–Crippen MR) is 60.2 cm³/mol. The van der Waals surface area contributed by atoms with Gasteiger partial charge in [0.05, 0.1) is 6.26 Å². The highest BCUT2D eigenvalue weighted by Crippen LogP contribution is 2.32. The lowest BCUT2D eigenvalue weighted by Crippen LogP contribution is -2.55. The molecular formula is C10H20N2O2S.